The van der Waals surface area contributed by atoms with E-state index in [2.05, 4.69) is 33.0 Å². The third kappa shape index (κ3) is 3.52. The van der Waals surface area contributed by atoms with Gasteiger partial charge < -0.3 is 5.32 Å². The summed E-state index contributed by atoms with van der Waals surface area (Å²) in [5.74, 6) is 0.733. The number of rotatable bonds is 4. The predicted molar refractivity (Wildman–Crippen MR) is 42.3 cm³/mol. The molecular formula is C8H18N. The Balaban J connectivity index is 3.41. The van der Waals surface area contributed by atoms with Crippen LogP contribution in [0.3, 0.4) is 0 Å². The smallest absolute Gasteiger partial charge is 0.00874 e. The van der Waals surface area contributed by atoms with Crippen molar-refractivity contribution in [1.82, 2.24) is 5.32 Å². The van der Waals surface area contributed by atoms with Gasteiger partial charge in [0.2, 0.25) is 0 Å². The summed E-state index contributed by atoms with van der Waals surface area (Å²) >= 11 is 0. The van der Waals surface area contributed by atoms with Crippen molar-refractivity contribution in [2.45, 2.75) is 33.2 Å². The largest absolute Gasteiger partial charge is 0.314 e. The van der Waals surface area contributed by atoms with Crippen LogP contribution >= 0.6 is 0 Å². The zero-order valence-electron chi connectivity index (χ0n) is 6.78. The van der Waals surface area contributed by atoms with Gasteiger partial charge in [-0.1, -0.05) is 20.8 Å². The summed E-state index contributed by atoms with van der Waals surface area (Å²) < 4.78 is 0. The molecule has 0 aromatic carbocycles. The Bertz CT molecular complexity index is 59.6. The highest BCUT2D eigenvalue weighted by Gasteiger charge is 2.07. The predicted octanol–water partition coefficient (Wildman–Crippen LogP) is 1.84. The topological polar surface area (TPSA) is 12.0 Å². The molecule has 0 amide bonds. The summed E-state index contributed by atoms with van der Waals surface area (Å²) in [6.45, 7) is 11.3. The second-order valence-electron chi connectivity index (χ2n) is 2.71. The summed E-state index contributed by atoms with van der Waals surface area (Å²) in [5, 5.41) is 3.32. The summed E-state index contributed by atoms with van der Waals surface area (Å²) in [5.41, 5.74) is 0. The van der Waals surface area contributed by atoms with Crippen LogP contribution in [0.15, 0.2) is 0 Å². The van der Waals surface area contributed by atoms with E-state index < -0.39 is 0 Å². The molecule has 0 heterocycles. The molecular weight excluding hydrogens is 110 g/mol. The lowest BCUT2D eigenvalue weighted by atomic mass is 10.0. The molecule has 0 saturated carbocycles. The summed E-state index contributed by atoms with van der Waals surface area (Å²) in [6, 6.07) is 0.655. The fourth-order valence-electron chi connectivity index (χ4n) is 1.04. The van der Waals surface area contributed by atoms with Gasteiger partial charge in [-0.2, -0.15) is 0 Å². The molecule has 0 bridgehead atoms. The number of nitrogens with one attached hydrogen (secondary N) is 1. The molecule has 1 heteroatoms. The average molecular weight is 128 g/mol. The van der Waals surface area contributed by atoms with E-state index in [-0.39, 0.29) is 0 Å². The van der Waals surface area contributed by atoms with Crippen molar-refractivity contribution in [2.24, 2.45) is 5.92 Å². The first-order chi connectivity index (χ1) is 4.22. The first kappa shape index (κ1) is 8.96. The summed E-state index contributed by atoms with van der Waals surface area (Å²) in [4.78, 5) is 0. The van der Waals surface area contributed by atoms with E-state index in [0.29, 0.717) is 6.04 Å². The molecule has 0 aliphatic rings. The van der Waals surface area contributed by atoms with E-state index in [4.69, 9.17) is 0 Å². The highest BCUT2D eigenvalue weighted by Crippen LogP contribution is 2.03. The molecule has 1 nitrogen and oxygen atoms in total. The van der Waals surface area contributed by atoms with Gasteiger partial charge in [0, 0.05) is 6.04 Å². The Morgan fingerprint density at radius 2 is 2.00 bits per heavy atom. The van der Waals surface area contributed by atoms with Crippen LogP contribution in [0.2, 0.25) is 0 Å². The van der Waals surface area contributed by atoms with Crippen LogP contribution in [0.1, 0.15) is 27.2 Å². The van der Waals surface area contributed by atoms with Crippen molar-refractivity contribution < 1.29 is 0 Å². The SMILES string of the molecule is [CH2]CNC(CC)C(C)C. The standard InChI is InChI=1S/C8H18N/c1-5-8(7(3)4)9-6-2/h7-9H,2,5-6H2,1,3-4H3. The first-order valence-electron chi connectivity index (χ1n) is 3.75. The molecule has 0 aromatic rings. The van der Waals surface area contributed by atoms with Crippen LogP contribution in [0.5, 0.6) is 0 Å². The molecule has 0 rings (SSSR count). The number of hydrogen-bond donors (Lipinski definition) is 1. The van der Waals surface area contributed by atoms with E-state index in [1.807, 2.05) is 0 Å². The zero-order valence-corrected chi connectivity index (χ0v) is 6.78. The Morgan fingerprint density at radius 3 is 2.11 bits per heavy atom. The van der Waals surface area contributed by atoms with Crippen LogP contribution in [0.4, 0.5) is 0 Å². The highest BCUT2D eigenvalue weighted by molar-refractivity contribution is 4.68. The number of hydrogen-bond acceptors (Lipinski definition) is 1. The molecule has 1 atom stereocenters. The Morgan fingerprint density at radius 1 is 1.44 bits per heavy atom. The third-order valence-electron chi connectivity index (χ3n) is 1.65. The van der Waals surface area contributed by atoms with Gasteiger partial charge in [0.05, 0.1) is 0 Å². The summed E-state index contributed by atoms with van der Waals surface area (Å²) in [6.07, 6.45) is 1.20. The van der Waals surface area contributed by atoms with Crippen molar-refractivity contribution in [3.05, 3.63) is 6.92 Å². The van der Waals surface area contributed by atoms with Crippen molar-refractivity contribution in [1.29, 1.82) is 0 Å². The van der Waals surface area contributed by atoms with E-state index in [1.54, 1.807) is 0 Å². The van der Waals surface area contributed by atoms with Crippen LogP contribution in [0, 0.1) is 12.8 Å². The van der Waals surface area contributed by atoms with Crippen LogP contribution < -0.4 is 5.32 Å². The molecule has 0 aromatic heterocycles. The Kier molecular flexibility index (Phi) is 4.78. The lowest BCUT2D eigenvalue weighted by Crippen LogP contribution is -2.32. The molecule has 0 aliphatic heterocycles. The van der Waals surface area contributed by atoms with Gasteiger partial charge >= 0.3 is 0 Å². The maximum atomic E-state index is 3.74. The van der Waals surface area contributed by atoms with Crippen molar-refractivity contribution >= 4 is 0 Å². The van der Waals surface area contributed by atoms with Gasteiger partial charge in [0.25, 0.3) is 0 Å². The van der Waals surface area contributed by atoms with Gasteiger partial charge in [0.15, 0.2) is 0 Å². The molecule has 9 heavy (non-hydrogen) atoms. The minimum Gasteiger partial charge on any atom is -0.314 e. The van der Waals surface area contributed by atoms with Crippen molar-refractivity contribution in [3.63, 3.8) is 0 Å². The molecule has 0 spiro atoms. The van der Waals surface area contributed by atoms with E-state index in [0.717, 1.165) is 12.5 Å². The fourth-order valence-corrected chi connectivity index (χ4v) is 1.04. The second-order valence-corrected chi connectivity index (χ2v) is 2.71. The minimum atomic E-state index is 0.655. The maximum Gasteiger partial charge on any atom is 0.00874 e. The summed E-state index contributed by atoms with van der Waals surface area (Å²) in [7, 11) is 0. The fraction of sp³-hybridized carbons (Fsp3) is 0.875. The Labute approximate surface area is 58.8 Å². The lowest BCUT2D eigenvalue weighted by molar-refractivity contribution is 0.403. The quantitative estimate of drug-likeness (QED) is 0.609. The minimum absolute atomic E-state index is 0.655. The molecule has 55 valence electrons. The van der Waals surface area contributed by atoms with Crippen molar-refractivity contribution in [3.8, 4) is 0 Å². The zero-order chi connectivity index (χ0) is 7.28. The van der Waals surface area contributed by atoms with E-state index in [9.17, 15) is 0 Å². The normalized spacial score (nSPS) is 14.3. The van der Waals surface area contributed by atoms with E-state index >= 15 is 0 Å². The molecule has 1 radical (unpaired) electrons. The average Bonchev–Trinajstić information content (AvgIpc) is 1.82. The van der Waals surface area contributed by atoms with Crippen LogP contribution in [-0.4, -0.2) is 12.6 Å². The van der Waals surface area contributed by atoms with Crippen LogP contribution in [0.25, 0.3) is 0 Å². The maximum absolute atomic E-state index is 3.74. The first-order valence-corrected chi connectivity index (χ1v) is 3.75. The van der Waals surface area contributed by atoms with Crippen molar-refractivity contribution in [2.75, 3.05) is 6.54 Å². The molecule has 0 fully saturated rings. The highest BCUT2D eigenvalue weighted by atomic mass is 14.9. The van der Waals surface area contributed by atoms with Gasteiger partial charge in [0.1, 0.15) is 0 Å². The van der Waals surface area contributed by atoms with Gasteiger partial charge in [-0.15, -0.1) is 0 Å². The Hall–Kier alpha value is -0.0400. The van der Waals surface area contributed by atoms with Gasteiger partial charge in [-0.3, -0.25) is 0 Å². The second kappa shape index (κ2) is 4.80. The van der Waals surface area contributed by atoms with Crippen LogP contribution in [-0.2, 0) is 0 Å². The molecule has 0 saturated heterocycles. The molecule has 1 unspecified atom stereocenters. The lowest BCUT2D eigenvalue weighted by Gasteiger charge is -2.19. The molecule has 0 aliphatic carbocycles. The van der Waals surface area contributed by atoms with Gasteiger partial charge in [-0.05, 0) is 25.8 Å². The third-order valence-corrected chi connectivity index (χ3v) is 1.65. The van der Waals surface area contributed by atoms with Gasteiger partial charge in [-0.25, -0.2) is 0 Å². The monoisotopic (exact) mass is 128 g/mol. The van der Waals surface area contributed by atoms with E-state index in [1.165, 1.54) is 6.42 Å². The molecule has 1 N–H and O–H groups in total.